The Balaban J connectivity index is 1.80. The first-order valence-corrected chi connectivity index (χ1v) is 16.4. The Morgan fingerprint density at radius 1 is 0.795 bits per heavy atom. The molecule has 0 fully saturated rings. The smallest absolute Gasteiger partial charge is 0.264 e. The first-order valence-electron chi connectivity index (χ1n) is 14.2. The van der Waals surface area contributed by atoms with Gasteiger partial charge in [0.1, 0.15) is 12.6 Å². The van der Waals surface area contributed by atoms with Crippen LogP contribution in [-0.4, -0.2) is 43.8 Å². The number of hydrogen-bond acceptors (Lipinski definition) is 4. The average molecular weight is 653 g/mol. The van der Waals surface area contributed by atoms with Crippen LogP contribution in [0.25, 0.3) is 0 Å². The topological polar surface area (TPSA) is 86.8 Å². The van der Waals surface area contributed by atoms with Crippen LogP contribution in [0.15, 0.2) is 108 Å². The molecule has 0 aliphatic rings. The third-order valence-corrected chi connectivity index (χ3v) is 9.23. The van der Waals surface area contributed by atoms with Gasteiger partial charge in [-0.15, -0.1) is 0 Å². The number of hydrogen-bond donors (Lipinski definition) is 1. The summed E-state index contributed by atoms with van der Waals surface area (Å²) in [7, 11) is -4.25. The Bertz CT molecular complexity index is 1680. The monoisotopic (exact) mass is 651 g/mol. The van der Waals surface area contributed by atoms with Crippen LogP contribution in [0.2, 0.25) is 10.0 Å². The van der Waals surface area contributed by atoms with Crippen molar-refractivity contribution in [1.82, 2.24) is 10.2 Å². The molecule has 10 heteroatoms. The van der Waals surface area contributed by atoms with Crippen LogP contribution in [0, 0.1) is 6.92 Å². The number of amides is 2. The van der Waals surface area contributed by atoms with E-state index in [9.17, 15) is 18.0 Å². The van der Waals surface area contributed by atoms with Crippen molar-refractivity contribution < 1.29 is 18.0 Å². The molecule has 0 aliphatic heterocycles. The van der Waals surface area contributed by atoms with Crippen LogP contribution in [0.4, 0.5) is 5.69 Å². The minimum absolute atomic E-state index is 0.0434. The van der Waals surface area contributed by atoms with E-state index >= 15 is 0 Å². The van der Waals surface area contributed by atoms with Gasteiger partial charge in [0, 0.05) is 29.1 Å². The van der Waals surface area contributed by atoms with Crippen molar-refractivity contribution in [1.29, 1.82) is 0 Å². The van der Waals surface area contributed by atoms with Crippen LogP contribution < -0.4 is 9.62 Å². The fourth-order valence-electron chi connectivity index (χ4n) is 4.72. The highest BCUT2D eigenvalue weighted by atomic mass is 35.5. The maximum Gasteiger partial charge on any atom is 0.264 e. The number of aryl methyl sites for hydroxylation is 1. The fraction of sp³-hybridized carbons (Fsp3) is 0.235. The quantitative estimate of drug-likeness (QED) is 0.186. The Morgan fingerprint density at radius 2 is 1.45 bits per heavy atom. The second-order valence-corrected chi connectivity index (χ2v) is 13.6. The average Bonchev–Trinajstić information content (AvgIpc) is 2.98. The number of nitrogens with one attached hydrogen (secondary N) is 1. The zero-order valence-corrected chi connectivity index (χ0v) is 27.1. The molecule has 4 rings (SSSR count). The van der Waals surface area contributed by atoms with Crippen LogP contribution in [0.5, 0.6) is 0 Å². The minimum atomic E-state index is -4.25. The first-order chi connectivity index (χ1) is 20.9. The lowest BCUT2D eigenvalue weighted by atomic mass is 10.0. The van der Waals surface area contributed by atoms with Crippen LogP contribution in [0.3, 0.4) is 0 Å². The third kappa shape index (κ3) is 8.62. The Kier molecular flexibility index (Phi) is 11.1. The molecule has 0 aliphatic carbocycles. The fourth-order valence-corrected chi connectivity index (χ4v) is 6.44. The van der Waals surface area contributed by atoms with Gasteiger partial charge in [-0.3, -0.25) is 13.9 Å². The van der Waals surface area contributed by atoms with E-state index in [0.29, 0.717) is 10.0 Å². The van der Waals surface area contributed by atoms with Crippen LogP contribution >= 0.6 is 23.2 Å². The Labute approximate surface area is 269 Å². The molecule has 0 unspecified atom stereocenters. The van der Waals surface area contributed by atoms with Gasteiger partial charge in [-0.2, -0.15) is 0 Å². The van der Waals surface area contributed by atoms with E-state index < -0.39 is 28.5 Å². The molecule has 230 valence electrons. The molecular formula is C34H35Cl2N3O4S. The molecule has 0 spiro atoms. The van der Waals surface area contributed by atoms with Crippen LogP contribution in [-0.2, 0) is 32.6 Å². The summed E-state index contributed by atoms with van der Waals surface area (Å²) < 4.78 is 29.1. The highest BCUT2D eigenvalue weighted by Crippen LogP contribution is 2.28. The van der Waals surface area contributed by atoms with E-state index in [2.05, 4.69) is 5.32 Å². The third-order valence-electron chi connectivity index (χ3n) is 6.95. The SMILES string of the molecule is Cc1ccc(CN(C(=O)CN(c2cccc(Cl)c2)S(=O)(=O)c2ccc(Cl)cc2)[C@@H](Cc2ccccc2)C(=O)NC(C)C)cc1. The van der Waals surface area contributed by atoms with E-state index in [-0.39, 0.29) is 35.5 Å². The summed E-state index contributed by atoms with van der Waals surface area (Å²) in [5.41, 5.74) is 2.92. The van der Waals surface area contributed by atoms with E-state index in [1.165, 1.54) is 35.2 Å². The zero-order valence-electron chi connectivity index (χ0n) is 24.8. The Morgan fingerprint density at radius 3 is 2.07 bits per heavy atom. The van der Waals surface area contributed by atoms with Crippen molar-refractivity contribution in [2.24, 2.45) is 0 Å². The van der Waals surface area contributed by atoms with Crippen molar-refractivity contribution in [3.8, 4) is 0 Å². The standard InChI is InChI=1S/C34H35Cl2N3O4S/c1-24(2)37-34(41)32(20-26-8-5-4-6-9-26)38(22-27-14-12-25(3)13-15-27)33(40)23-39(30-11-7-10-29(36)21-30)44(42,43)31-18-16-28(35)17-19-31/h4-19,21,24,32H,20,22-23H2,1-3H3,(H,37,41)/t32-/m0/s1. The van der Waals surface area contributed by atoms with E-state index in [1.807, 2.05) is 75.4 Å². The molecule has 44 heavy (non-hydrogen) atoms. The normalized spacial score (nSPS) is 12.0. The largest absolute Gasteiger partial charge is 0.352 e. The van der Waals surface area contributed by atoms with E-state index in [4.69, 9.17) is 23.2 Å². The van der Waals surface area contributed by atoms with E-state index in [1.54, 1.807) is 18.2 Å². The maximum absolute atomic E-state index is 14.4. The number of rotatable bonds is 12. The summed E-state index contributed by atoms with van der Waals surface area (Å²) in [5, 5.41) is 3.63. The molecule has 1 atom stereocenters. The summed E-state index contributed by atoms with van der Waals surface area (Å²) >= 11 is 12.3. The lowest BCUT2D eigenvalue weighted by molar-refractivity contribution is -0.140. The van der Waals surface area contributed by atoms with Crippen molar-refractivity contribution in [3.05, 3.63) is 130 Å². The molecule has 0 saturated carbocycles. The van der Waals surface area contributed by atoms with Crippen molar-refractivity contribution in [2.75, 3.05) is 10.8 Å². The van der Waals surface area contributed by atoms with Crippen molar-refractivity contribution in [3.63, 3.8) is 0 Å². The summed E-state index contributed by atoms with van der Waals surface area (Å²) in [6.07, 6.45) is 0.234. The molecule has 2 amide bonds. The number of carbonyl (C=O) groups is 2. The van der Waals surface area contributed by atoms with Gasteiger partial charge < -0.3 is 10.2 Å². The highest BCUT2D eigenvalue weighted by molar-refractivity contribution is 7.92. The van der Waals surface area contributed by atoms with Crippen molar-refractivity contribution >= 4 is 50.7 Å². The summed E-state index contributed by atoms with van der Waals surface area (Å²) in [5.74, 6) is -0.887. The van der Waals surface area contributed by atoms with Gasteiger partial charge in [-0.1, -0.05) is 89.4 Å². The number of carbonyl (C=O) groups excluding carboxylic acids is 2. The molecule has 7 nitrogen and oxygen atoms in total. The number of benzene rings is 4. The van der Waals surface area contributed by atoms with Gasteiger partial charge in [0.05, 0.1) is 10.6 Å². The van der Waals surface area contributed by atoms with Gasteiger partial charge in [-0.05, 0) is 74.4 Å². The molecule has 0 saturated heterocycles. The number of halogens is 2. The van der Waals surface area contributed by atoms with E-state index in [0.717, 1.165) is 21.0 Å². The van der Waals surface area contributed by atoms with Gasteiger partial charge >= 0.3 is 0 Å². The van der Waals surface area contributed by atoms with Gasteiger partial charge in [-0.25, -0.2) is 8.42 Å². The Hall–Kier alpha value is -3.85. The molecule has 0 aromatic heterocycles. The predicted octanol–water partition coefficient (Wildman–Crippen LogP) is 6.66. The van der Waals surface area contributed by atoms with Crippen LogP contribution in [0.1, 0.15) is 30.5 Å². The number of nitrogens with zero attached hydrogens (tertiary/aromatic N) is 2. The molecular weight excluding hydrogens is 617 g/mol. The summed E-state index contributed by atoms with van der Waals surface area (Å²) in [6.45, 7) is 5.18. The lowest BCUT2D eigenvalue weighted by Gasteiger charge is -2.34. The molecule has 0 heterocycles. The highest BCUT2D eigenvalue weighted by Gasteiger charge is 2.35. The number of anilines is 1. The summed E-state index contributed by atoms with van der Waals surface area (Å²) in [4.78, 5) is 29.6. The lowest BCUT2D eigenvalue weighted by Crippen LogP contribution is -2.54. The molecule has 1 N–H and O–H groups in total. The van der Waals surface area contributed by atoms with Crippen molar-refractivity contribution in [2.45, 2.75) is 50.7 Å². The number of sulfonamides is 1. The zero-order chi connectivity index (χ0) is 31.9. The van der Waals surface area contributed by atoms with Gasteiger partial charge in [0.2, 0.25) is 11.8 Å². The van der Waals surface area contributed by atoms with Gasteiger partial charge in [0.25, 0.3) is 10.0 Å². The predicted molar refractivity (Wildman–Crippen MR) is 176 cm³/mol. The second-order valence-electron chi connectivity index (χ2n) is 10.8. The maximum atomic E-state index is 14.4. The molecule has 4 aromatic carbocycles. The van der Waals surface area contributed by atoms with Gasteiger partial charge in [0.15, 0.2) is 0 Å². The molecule has 0 bridgehead atoms. The second kappa shape index (κ2) is 14.8. The molecule has 4 aromatic rings. The first kappa shape index (κ1) is 33.1. The molecule has 0 radical (unpaired) electrons. The minimum Gasteiger partial charge on any atom is -0.352 e. The summed E-state index contributed by atoms with van der Waals surface area (Å²) in [6, 6.07) is 28.0.